The highest BCUT2D eigenvalue weighted by atomic mass is 32.2. The van der Waals surface area contributed by atoms with Crippen molar-refractivity contribution in [2.45, 2.75) is 31.6 Å². The normalized spacial score (nSPS) is 19.7. The monoisotopic (exact) mass is 305 g/mol. The number of anilines is 1. The summed E-state index contributed by atoms with van der Waals surface area (Å²) in [6, 6.07) is 4.52. The number of rotatable bonds is 6. The van der Waals surface area contributed by atoms with Gasteiger partial charge in [-0.05, 0) is 23.8 Å². The Bertz CT molecular complexity index is 582. The van der Waals surface area contributed by atoms with E-state index in [9.17, 15) is 0 Å². The van der Waals surface area contributed by atoms with Crippen LogP contribution in [0.25, 0.3) is 5.65 Å². The zero-order valence-corrected chi connectivity index (χ0v) is 13.5. The first kappa shape index (κ1) is 14.7. The van der Waals surface area contributed by atoms with Gasteiger partial charge in [0.2, 0.25) is 0 Å². The number of aromatic nitrogens is 3. The third kappa shape index (κ3) is 3.89. The van der Waals surface area contributed by atoms with E-state index in [1.165, 1.54) is 25.3 Å². The SMILES string of the molecule is CC(C)SCCN1CC[C@H](Nc2ccc3nccn3n2)C1. The fraction of sp³-hybridized carbons (Fsp3) is 0.600. The standard InChI is InChI=1S/C15H23N5S/c1-12(2)21-10-9-19-7-5-13(11-19)17-14-3-4-15-16-6-8-20(15)18-14/h3-4,6,8,12-13H,5,7,9-11H2,1-2H3,(H,17,18)/t13-/m0/s1. The molecule has 1 aliphatic rings. The van der Waals surface area contributed by atoms with Crippen LogP contribution < -0.4 is 5.32 Å². The highest BCUT2D eigenvalue weighted by Gasteiger charge is 2.22. The maximum Gasteiger partial charge on any atom is 0.153 e. The minimum atomic E-state index is 0.502. The Hall–Kier alpha value is -1.27. The minimum Gasteiger partial charge on any atom is -0.365 e. The highest BCUT2D eigenvalue weighted by molar-refractivity contribution is 7.99. The van der Waals surface area contributed by atoms with E-state index >= 15 is 0 Å². The maximum atomic E-state index is 4.53. The molecule has 0 aromatic carbocycles. The Balaban J connectivity index is 1.49. The summed E-state index contributed by atoms with van der Waals surface area (Å²) in [6.45, 7) is 8.01. The number of fused-ring (bicyclic) bond motifs is 1. The zero-order valence-electron chi connectivity index (χ0n) is 12.7. The van der Waals surface area contributed by atoms with Gasteiger partial charge in [-0.25, -0.2) is 9.50 Å². The number of nitrogens with zero attached hydrogens (tertiary/aromatic N) is 4. The second-order valence-corrected chi connectivity index (χ2v) is 7.48. The summed E-state index contributed by atoms with van der Waals surface area (Å²) in [5.41, 5.74) is 0.888. The van der Waals surface area contributed by atoms with Crippen LogP contribution in [0.2, 0.25) is 0 Å². The van der Waals surface area contributed by atoms with Crippen LogP contribution in [0.5, 0.6) is 0 Å². The lowest BCUT2D eigenvalue weighted by Gasteiger charge is -2.17. The molecule has 1 N–H and O–H groups in total. The van der Waals surface area contributed by atoms with E-state index in [-0.39, 0.29) is 0 Å². The Kier molecular flexibility index (Phi) is 4.65. The van der Waals surface area contributed by atoms with Crippen LogP contribution in [-0.2, 0) is 0 Å². The first-order valence-corrected chi connectivity index (χ1v) is 8.66. The molecule has 0 amide bonds. The summed E-state index contributed by atoms with van der Waals surface area (Å²) in [5, 5.41) is 8.80. The summed E-state index contributed by atoms with van der Waals surface area (Å²) in [6.07, 6.45) is 4.84. The fourth-order valence-electron chi connectivity index (χ4n) is 2.67. The molecule has 0 unspecified atom stereocenters. The average molecular weight is 305 g/mol. The van der Waals surface area contributed by atoms with Crippen LogP contribution in [0.3, 0.4) is 0 Å². The lowest BCUT2D eigenvalue weighted by molar-refractivity contribution is 0.358. The van der Waals surface area contributed by atoms with Gasteiger partial charge in [0, 0.05) is 43.8 Å². The predicted octanol–water partition coefficient (Wildman–Crippen LogP) is 2.36. The molecule has 0 radical (unpaired) electrons. The fourth-order valence-corrected chi connectivity index (χ4v) is 3.51. The third-order valence-corrected chi connectivity index (χ3v) is 4.82. The second kappa shape index (κ2) is 6.66. The van der Waals surface area contributed by atoms with Crippen molar-refractivity contribution in [3.05, 3.63) is 24.5 Å². The van der Waals surface area contributed by atoms with Crippen molar-refractivity contribution in [3.8, 4) is 0 Å². The van der Waals surface area contributed by atoms with Gasteiger partial charge in [0.15, 0.2) is 5.65 Å². The molecule has 2 aromatic rings. The number of nitrogens with one attached hydrogen (secondary N) is 1. The van der Waals surface area contributed by atoms with Gasteiger partial charge in [-0.3, -0.25) is 0 Å². The van der Waals surface area contributed by atoms with Gasteiger partial charge < -0.3 is 10.2 Å². The summed E-state index contributed by atoms with van der Waals surface area (Å²) >= 11 is 2.04. The number of hydrogen-bond donors (Lipinski definition) is 1. The molecule has 0 aliphatic carbocycles. The summed E-state index contributed by atoms with van der Waals surface area (Å²) in [7, 11) is 0. The van der Waals surface area contributed by atoms with E-state index in [2.05, 4.69) is 34.1 Å². The highest BCUT2D eigenvalue weighted by Crippen LogP contribution is 2.16. The van der Waals surface area contributed by atoms with Crippen LogP contribution in [0.1, 0.15) is 20.3 Å². The van der Waals surface area contributed by atoms with Gasteiger partial charge in [0.05, 0.1) is 0 Å². The number of likely N-dealkylation sites (tertiary alicyclic amines) is 1. The Labute approximate surface area is 130 Å². The first-order valence-electron chi connectivity index (χ1n) is 7.61. The molecule has 1 aliphatic heterocycles. The van der Waals surface area contributed by atoms with Crippen molar-refractivity contribution in [1.82, 2.24) is 19.5 Å². The van der Waals surface area contributed by atoms with Crippen molar-refractivity contribution in [3.63, 3.8) is 0 Å². The van der Waals surface area contributed by atoms with Crippen molar-refractivity contribution < 1.29 is 0 Å². The number of hydrogen-bond acceptors (Lipinski definition) is 5. The molecule has 0 saturated carbocycles. The lowest BCUT2D eigenvalue weighted by atomic mass is 10.2. The van der Waals surface area contributed by atoms with Gasteiger partial charge in [0.1, 0.15) is 5.82 Å². The van der Waals surface area contributed by atoms with Crippen molar-refractivity contribution in [1.29, 1.82) is 0 Å². The summed E-state index contributed by atoms with van der Waals surface area (Å²) in [5.74, 6) is 2.16. The molecule has 5 nitrogen and oxygen atoms in total. The van der Waals surface area contributed by atoms with Gasteiger partial charge >= 0.3 is 0 Å². The van der Waals surface area contributed by atoms with E-state index < -0.39 is 0 Å². The van der Waals surface area contributed by atoms with Crippen LogP contribution in [0.15, 0.2) is 24.5 Å². The van der Waals surface area contributed by atoms with Gasteiger partial charge in [-0.1, -0.05) is 13.8 Å². The molecular formula is C15H23N5S. The molecule has 6 heteroatoms. The summed E-state index contributed by atoms with van der Waals surface area (Å²) < 4.78 is 1.81. The topological polar surface area (TPSA) is 45.5 Å². The van der Waals surface area contributed by atoms with Gasteiger partial charge in [0.25, 0.3) is 0 Å². The molecule has 21 heavy (non-hydrogen) atoms. The maximum absolute atomic E-state index is 4.53. The van der Waals surface area contributed by atoms with Crippen molar-refractivity contribution in [2.75, 3.05) is 30.7 Å². The molecule has 1 saturated heterocycles. The van der Waals surface area contributed by atoms with Crippen LogP contribution in [0, 0.1) is 0 Å². The molecule has 2 aromatic heterocycles. The second-order valence-electron chi connectivity index (χ2n) is 5.80. The van der Waals surface area contributed by atoms with Gasteiger partial charge in [-0.2, -0.15) is 11.8 Å². The van der Waals surface area contributed by atoms with Crippen LogP contribution in [0.4, 0.5) is 5.82 Å². The average Bonchev–Trinajstić information content (AvgIpc) is 3.07. The molecular weight excluding hydrogens is 282 g/mol. The quantitative estimate of drug-likeness (QED) is 0.887. The largest absolute Gasteiger partial charge is 0.365 e. The Morgan fingerprint density at radius 1 is 1.43 bits per heavy atom. The third-order valence-electron chi connectivity index (χ3n) is 3.74. The Morgan fingerprint density at radius 3 is 3.19 bits per heavy atom. The van der Waals surface area contributed by atoms with E-state index in [0.717, 1.165) is 23.3 Å². The van der Waals surface area contributed by atoms with Crippen molar-refractivity contribution in [2.24, 2.45) is 0 Å². The summed E-state index contributed by atoms with van der Waals surface area (Å²) in [4.78, 5) is 6.76. The molecule has 114 valence electrons. The first-order chi connectivity index (χ1) is 10.2. The number of imidazole rings is 1. The molecule has 0 spiro atoms. The van der Waals surface area contributed by atoms with Crippen LogP contribution in [-0.4, -0.2) is 56.2 Å². The predicted molar refractivity (Wildman–Crippen MR) is 89.0 cm³/mol. The molecule has 0 bridgehead atoms. The van der Waals surface area contributed by atoms with Crippen LogP contribution >= 0.6 is 11.8 Å². The molecule has 3 rings (SSSR count). The van der Waals surface area contributed by atoms with E-state index in [1.807, 2.05) is 34.6 Å². The molecule has 1 atom stereocenters. The zero-order chi connectivity index (χ0) is 14.7. The van der Waals surface area contributed by atoms with Crippen molar-refractivity contribution >= 4 is 23.2 Å². The van der Waals surface area contributed by atoms with E-state index in [4.69, 9.17) is 0 Å². The van der Waals surface area contributed by atoms with E-state index in [1.54, 1.807) is 6.20 Å². The molecule has 3 heterocycles. The Morgan fingerprint density at radius 2 is 2.33 bits per heavy atom. The number of thioether (sulfide) groups is 1. The minimum absolute atomic E-state index is 0.502. The van der Waals surface area contributed by atoms with Gasteiger partial charge in [-0.15, -0.1) is 5.10 Å². The van der Waals surface area contributed by atoms with E-state index in [0.29, 0.717) is 6.04 Å². The molecule has 1 fully saturated rings. The smallest absolute Gasteiger partial charge is 0.153 e. The lowest BCUT2D eigenvalue weighted by Crippen LogP contribution is -2.28.